The van der Waals surface area contributed by atoms with Crippen molar-refractivity contribution < 1.29 is 13.2 Å². The summed E-state index contributed by atoms with van der Waals surface area (Å²) < 4.78 is 43.3. The van der Waals surface area contributed by atoms with E-state index < -0.39 is 11.6 Å². The molecule has 1 nitrogen and oxygen atoms in total. The lowest BCUT2D eigenvalue weighted by Crippen LogP contribution is -2.47. The molecule has 0 aliphatic carbocycles. The first kappa shape index (κ1) is 16.3. The maximum Gasteiger partial charge on any atom is 0.403 e. The van der Waals surface area contributed by atoms with Crippen LogP contribution in [0.4, 0.5) is 18.9 Å². The molecule has 0 spiro atoms. The van der Waals surface area contributed by atoms with E-state index in [2.05, 4.69) is 20.9 Å². The van der Waals surface area contributed by atoms with Crippen molar-refractivity contribution in [3.05, 3.63) is 76.3 Å². The van der Waals surface area contributed by atoms with Crippen LogP contribution in [0.1, 0.15) is 11.1 Å². The second-order valence-corrected chi connectivity index (χ2v) is 7.15. The number of benzene rings is 3. The van der Waals surface area contributed by atoms with Crippen LogP contribution >= 0.6 is 15.9 Å². The number of rotatable bonds is 1. The van der Waals surface area contributed by atoms with E-state index in [1.165, 1.54) is 0 Å². The minimum atomic E-state index is -4.45. The molecular formula is C20H13BrF3N. The lowest BCUT2D eigenvalue weighted by atomic mass is 9.73. The third-order valence-electron chi connectivity index (χ3n) is 4.71. The first-order valence-electron chi connectivity index (χ1n) is 7.79. The second-order valence-electron chi connectivity index (χ2n) is 6.24. The fraction of sp³-hybridized carbons (Fsp3) is 0.150. The zero-order chi connectivity index (χ0) is 17.7. The molecule has 0 N–H and O–H groups in total. The van der Waals surface area contributed by atoms with Gasteiger partial charge in [0.2, 0.25) is 0 Å². The van der Waals surface area contributed by atoms with Crippen LogP contribution in [-0.2, 0) is 11.8 Å². The quantitative estimate of drug-likeness (QED) is 0.448. The fourth-order valence-electron chi connectivity index (χ4n) is 3.33. The van der Waals surface area contributed by atoms with Crippen LogP contribution in [0, 0.1) is 0 Å². The predicted molar refractivity (Wildman–Crippen MR) is 97.7 cm³/mol. The summed E-state index contributed by atoms with van der Waals surface area (Å²) in [6.07, 6.45) is -3.54. The van der Waals surface area contributed by atoms with E-state index in [1.54, 1.807) is 36.4 Å². The van der Waals surface area contributed by atoms with Gasteiger partial charge >= 0.3 is 6.18 Å². The molecule has 0 saturated heterocycles. The molecule has 1 heterocycles. The molecule has 1 aliphatic heterocycles. The lowest BCUT2D eigenvalue weighted by Gasteiger charge is -2.35. The zero-order valence-corrected chi connectivity index (χ0v) is 14.6. The van der Waals surface area contributed by atoms with Crippen molar-refractivity contribution in [1.29, 1.82) is 0 Å². The monoisotopic (exact) mass is 403 g/mol. The molecule has 0 amide bonds. The maximum absolute atomic E-state index is 14.2. The Labute approximate surface area is 151 Å². The Morgan fingerprint density at radius 2 is 1.68 bits per heavy atom. The van der Waals surface area contributed by atoms with Gasteiger partial charge in [-0.2, -0.15) is 13.2 Å². The maximum atomic E-state index is 14.2. The van der Waals surface area contributed by atoms with Crippen molar-refractivity contribution in [2.24, 2.45) is 4.99 Å². The van der Waals surface area contributed by atoms with Crippen molar-refractivity contribution in [1.82, 2.24) is 0 Å². The summed E-state index contributed by atoms with van der Waals surface area (Å²) in [5.74, 6) is 0. The standard InChI is InChI=1S/C20H13BrF3N/c21-17-7-8-18-15(10-17)11-19(12-25-18,20(22,23)24)16-6-5-13-3-1-2-4-14(13)9-16/h1-10,12H,11H2/t19-/m0/s1. The summed E-state index contributed by atoms with van der Waals surface area (Å²) in [4.78, 5) is 4.14. The van der Waals surface area contributed by atoms with Crippen LogP contribution in [0.2, 0.25) is 0 Å². The van der Waals surface area contributed by atoms with Gasteiger partial charge in [0.05, 0.1) is 5.69 Å². The molecule has 5 heteroatoms. The van der Waals surface area contributed by atoms with Crippen molar-refractivity contribution in [3.63, 3.8) is 0 Å². The van der Waals surface area contributed by atoms with E-state index in [-0.39, 0.29) is 12.0 Å². The van der Waals surface area contributed by atoms with E-state index in [9.17, 15) is 13.2 Å². The Morgan fingerprint density at radius 3 is 2.44 bits per heavy atom. The first-order chi connectivity index (χ1) is 11.9. The molecule has 0 aromatic heterocycles. The molecule has 4 rings (SSSR count). The highest BCUT2D eigenvalue weighted by Crippen LogP contribution is 2.47. The van der Waals surface area contributed by atoms with Crippen LogP contribution in [0.15, 0.2) is 70.1 Å². The van der Waals surface area contributed by atoms with E-state index in [0.717, 1.165) is 21.5 Å². The molecule has 3 aromatic rings. The van der Waals surface area contributed by atoms with Crippen LogP contribution in [0.25, 0.3) is 10.8 Å². The van der Waals surface area contributed by atoms with E-state index in [1.807, 2.05) is 24.3 Å². The highest BCUT2D eigenvalue weighted by atomic mass is 79.9. The molecule has 1 aliphatic rings. The Kier molecular flexibility index (Phi) is 3.72. The molecule has 0 fully saturated rings. The van der Waals surface area contributed by atoms with Crippen molar-refractivity contribution in [2.75, 3.05) is 0 Å². The molecular weight excluding hydrogens is 391 g/mol. The Bertz CT molecular complexity index is 994. The van der Waals surface area contributed by atoms with Crippen molar-refractivity contribution >= 4 is 38.6 Å². The topological polar surface area (TPSA) is 12.4 Å². The average Bonchev–Trinajstić information content (AvgIpc) is 2.59. The van der Waals surface area contributed by atoms with Gasteiger partial charge < -0.3 is 0 Å². The number of hydrogen-bond donors (Lipinski definition) is 0. The number of hydrogen-bond acceptors (Lipinski definition) is 1. The molecule has 1 atom stereocenters. The summed E-state index contributed by atoms with van der Waals surface area (Å²) in [7, 11) is 0. The smallest absolute Gasteiger partial charge is 0.260 e. The van der Waals surface area contributed by atoms with Gasteiger partial charge in [-0.15, -0.1) is 0 Å². The normalized spacial score (nSPS) is 19.8. The van der Waals surface area contributed by atoms with Gasteiger partial charge in [0.15, 0.2) is 0 Å². The number of nitrogens with zero attached hydrogens (tertiary/aromatic N) is 1. The molecule has 25 heavy (non-hydrogen) atoms. The molecule has 0 bridgehead atoms. The van der Waals surface area contributed by atoms with E-state index >= 15 is 0 Å². The largest absolute Gasteiger partial charge is 0.403 e. The summed E-state index contributed by atoms with van der Waals surface area (Å²) in [6, 6.07) is 17.6. The van der Waals surface area contributed by atoms with Crippen LogP contribution in [-0.4, -0.2) is 12.4 Å². The number of alkyl halides is 3. The lowest BCUT2D eigenvalue weighted by molar-refractivity contribution is -0.168. The van der Waals surface area contributed by atoms with Gasteiger partial charge in [0.25, 0.3) is 0 Å². The van der Waals surface area contributed by atoms with Gasteiger partial charge in [-0.05, 0) is 52.6 Å². The Balaban J connectivity index is 1.92. The number of fused-ring (bicyclic) bond motifs is 2. The molecule has 0 saturated carbocycles. The molecule has 3 aromatic carbocycles. The Morgan fingerprint density at radius 1 is 0.920 bits per heavy atom. The number of aliphatic imine (C=N–C) groups is 1. The fourth-order valence-corrected chi connectivity index (χ4v) is 3.74. The predicted octanol–water partition coefficient (Wildman–Crippen LogP) is 6.36. The highest BCUT2D eigenvalue weighted by Gasteiger charge is 2.56. The zero-order valence-electron chi connectivity index (χ0n) is 13.0. The minimum Gasteiger partial charge on any atom is -0.260 e. The van der Waals surface area contributed by atoms with Gasteiger partial charge in [-0.3, -0.25) is 4.99 Å². The first-order valence-corrected chi connectivity index (χ1v) is 8.58. The van der Waals surface area contributed by atoms with Crippen molar-refractivity contribution in [2.45, 2.75) is 18.0 Å². The summed E-state index contributed by atoms with van der Waals surface area (Å²) >= 11 is 3.33. The summed E-state index contributed by atoms with van der Waals surface area (Å²) in [6.45, 7) is 0. The van der Waals surface area contributed by atoms with Gasteiger partial charge in [0.1, 0.15) is 5.41 Å². The van der Waals surface area contributed by atoms with Crippen LogP contribution in [0.3, 0.4) is 0 Å². The van der Waals surface area contributed by atoms with Gasteiger partial charge in [-0.25, -0.2) is 0 Å². The highest BCUT2D eigenvalue weighted by molar-refractivity contribution is 9.10. The molecule has 0 unspecified atom stereocenters. The summed E-state index contributed by atoms with van der Waals surface area (Å²) in [5, 5.41) is 1.71. The van der Waals surface area contributed by atoms with E-state index in [4.69, 9.17) is 0 Å². The third kappa shape index (κ3) is 2.67. The third-order valence-corrected chi connectivity index (χ3v) is 5.20. The second kappa shape index (κ2) is 5.70. The number of halogens is 4. The average molecular weight is 404 g/mol. The van der Waals surface area contributed by atoms with Crippen LogP contribution < -0.4 is 0 Å². The summed E-state index contributed by atoms with van der Waals surface area (Å²) in [5.41, 5.74) is -0.732. The van der Waals surface area contributed by atoms with Crippen LogP contribution in [0.5, 0.6) is 0 Å². The molecule has 126 valence electrons. The van der Waals surface area contributed by atoms with Gasteiger partial charge in [0, 0.05) is 10.7 Å². The van der Waals surface area contributed by atoms with Gasteiger partial charge in [-0.1, -0.05) is 52.3 Å². The Hall–Kier alpha value is -2.14. The molecule has 0 radical (unpaired) electrons. The minimum absolute atomic E-state index is 0.160. The van der Waals surface area contributed by atoms with Crippen molar-refractivity contribution in [3.8, 4) is 0 Å². The SMILES string of the molecule is FC(F)(F)[C@]1(c2ccc3ccccc3c2)C=Nc2ccc(Br)cc2C1. The van der Waals surface area contributed by atoms with E-state index in [0.29, 0.717) is 11.3 Å².